The normalized spacial score (nSPS) is 21.3. The second-order valence-electron chi connectivity index (χ2n) is 13.1. The summed E-state index contributed by atoms with van der Waals surface area (Å²) in [6.45, 7) is 5.79. The molecule has 0 aliphatic carbocycles. The van der Waals surface area contributed by atoms with Crippen LogP contribution in [0, 0.1) is 11.3 Å². The van der Waals surface area contributed by atoms with Crippen LogP contribution in [0.3, 0.4) is 0 Å². The monoisotopic (exact) mass is 696 g/mol. The number of nitriles is 1. The summed E-state index contributed by atoms with van der Waals surface area (Å²) < 4.78 is 42.3. The first-order valence-corrected chi connectivity index (χ1v) is 17.2. The minimum absolute atomic E-state index is 0.174. The molecule has 4 aromatic rings. The van der Waals surface area contributed by atoms with Crippen molar-refractivity contribution >= 4 is 16.9 Å². The van der Waals surface area contributed by atoms with E-state index in [1.165, 1.54) is 4.90 Å². The average molecular weight is 697 g/mol. The third-order valence-corrected chi connectivity index (χ3v) is 9.09. The topological polar surface area (TPSA) is 129 Å². The van der Waals surface area contributed by atoms with Crippen LogP contribution in [0.4, 0.5) is 4.79 Å². The minimum Gasteiger partial charge on any atom is -0.496 e. The number of rotatable bonds is 14. The Balaban J connectivity index is 1.17. The Labute approximate surface area is 298 Å². The maximum atomic E-state index is 12.4. The Morgan fingerprint density at radius 3 is 2.39 bits per heavy atom. The lowest BCUT2D eigenvalue weighted by Crippen LogP contribution is -2.54. The van der Waals surface area contributed by atoms with Gasteiger partial charge >= 0.3 is 6.09 Å². The van der Waals surface area contributed by atoms with E-state index in [0.717, 1.165) is 27.6 Å². The number of hydrogen-bond acceptors (Lipinski definition) is 9. The third-order valence-electron chi connectivity index (χ3n) is 9.09. The van der Waals surface area contributed by atoms with Gasteiger partial charge in [-0.25, -0.2) is 4.79 Å². The van der Waals surface area contributed by atoms with Gasteiger partial charge in [0.05, 0.1) is 71.0 Å². The number of carbonyl (C=O) groups is 1. The van der Waals surface area contributed by atoms with Crippen molar-refractivity contribution in [2.75, 3.05) is 46.6 Å². The molecule has 268 valence electrons. The zero-order chi connectivity index (χ0) is 35.8. The summed E-state index contributed by atoms with van der Waals surface area (Å²) in [4.78, 5) is 13.7. The van der Waals surface area contributed by atoms with Crippen molar-refractivity contribution in [3.8, 4) is 23.3 Å². The van der Waals surface area contributed by atoms with Crippen LogP contribution in [0.5, 0.6) is 17.2 Å². The van der Waals surface area contributed by atoms with Crippen LogP contribution in [-0.4, -0.2) is 86.8 Å². The number of piperidine rings is 1. The Hall–Kier alpha value is -4.86. The molecule has 2 aliphatic heterocycles. The zero-order valence-electron chi connectivity index (χ0n) is 29.2. The molecule has 11 heteroatoms. The molecular formula is C40H44N2O9. The van der Waals surface area contributed by atoms with Crippen molar-refractivity contribution in [2.24, 2.45) is 0 Å². The number of methoxy groups -OCH3 is 1. The number of para-hydroxylation sites is 1. The van der Waals surface area contributed by atoms with Gasteiger partial charge in [0, 0.05) is 17.7 Å². The first-order valence-electron chi connectivity index (χ1n) is 17.2. The Bertz CT molecular complexity index is 1820. The highest BCUT2D eigenvalue weighted by molar-refractivity contribution is 5.89. The average Bonchev–Trinajstić information content (AvgIpc) is 3.50. The fourth-order valence-corrected chi connectivity index (χ4v) is 6.64. The van der Waals surface area contributed by atoms with Crippen LogP contribution in [0.1, 0.15) is 42.9 Å². The predicted octanol–water partition coefficient (Wildman–Crippen LogP) is 6.77. The highest BCUT2D eigenvalue weighted by atomic mass is 16.7. The van der Waals surface area contributed by atoms with Gasteiger partial charge in [-0.15, -0.1) is 0 Å². The second kappa shape index (κ2) is 16.4. The summed E-state index contributed by atoms with van der Waals surface area (Å²) in [6, 6.07) is 29.1. The lowest BCUT2D eigenvalue weighted by atomic mass is 9.84. The number of ether oxygens (including phenoxy) is 7. The van der Waals surface area contributed by atoms with E-state index in [1.54, 1.807) is 25.3 Å². The van der Waals surface area contributed by atoms with Gasteiger partial charge in [-0.05, 0) is 66.8 Å². The Kier molecular flexibility index (Phi) is 11.6. The van der Waals surface area contributed by atoms with Gasteiger partial charge in [0.15, 0.2) is 5.79 Å². The van der Waals surface area contributed by atoms with Crippen LogP contribution >= 0.6 is 0 Å². The highest BCUT2D eigenvalue weighted by Crippen LogP contribution is 2.36. The summed E-state index contributed by atoms with van der Waals surface area (Å²) in [6.07, 6.45) is -1.72. The molecular weight excluding hydrogens is 652 g/mol. The summed E-state index contributed by atoms with van der Waals surface area (Å²) >= 11 is 0. The number of amides is 1. The van der Waals surface area contributed by atoms with E-state index >= 15 is 0 Å². The van der Waals surface area contributed by atoms with Gasteiger partial charge < -0.3 is 43.2 Å². The minimum atomic E-state index is -1.03. The molecule has 2 aliphatic rings. The number of benzene rings is 4. The second-order valence-corrected chi connectivity index (χ2v) is 13.1. The molecule has 0 radical (unpaired) electrons. The van der Waals surface area contributed by atoms with E-state index in [-0.39, 0.29) is 38.3 Å². The molecule has 1 N–H and O–H groups in total. The van der Waals surface area contributed by atoms with Crippen LogP contribution in [0.2, 0.25) is 0 Å². The molecule has 0 saturated carbocycles. The summed E-state index contributed by atoms with van der Waals surface area (Å²) in [5, 5.41) is 21.4. The molecule has 6 rings (SSSR count). The molecule has 2 fully saturated rings. The number of fused-ring (bicyclic) bond motifs is 1. The van der Waals surface area contributed by atoms with Crippen molar-refractivity contribution < 1.29 is 43.1 Å². The first kappa shape index (κ1) is 35.9. The lowest BCUT2D eigenvalue weighted by molar-refractivity contribution is -0.153. The smallest absolute Gasteiger partial charge is 0.407 e. The van der Waals surface area contributed by atoms with Gasteiger partial charge in [0.2, 0.25) is 0 Å². The fourth-order valence-electron chi connectivity index (χ4n) is 6.64. The van der Waals surface area contributed by atoms with Gasteiger partial charge in [0.1, 0.15) is 29.4 Å². The summed E-state index contributed by atoms with van der Waals surface area (Å²) in [7, 11) is 1.65. The van der Waals surface area contributed by atoms with Gasteiger partial charge in [-0.1, -0.05) is 48.5 Å². The fraction of sp³-hybridized carbons (Fsp3) is 0.400. The molecule has 0 aromatic heterocycles. The number of nitrogens with zero attached hydrogens (tertiary/aromatic N) is 2. The van der Waals surface area contributed by atoms with Crippen LogP contribution in [0.15, 0.2) is 84.9 Å². The maximum Gasteiger partial charge on any atom is 0.407 e. The molecule has 1 amide bonds. The first-order chi connectivity index (χ1) is 24.7. The molecule has 0 spiro atoms. The van der Waals surface area contributed by atoms with Crippen molar-refractivity contribution in [1.29, 1.82) is 5.26 Å². The van der Waals surface area contributed by atoms with Crippen LogP contribution in [0.25, 0.3) is 10.8 Å². The lowest BCUT2D eigenvalue weighted by Gasteiger charge is -2.43. The van der Waals surface area contributed by atoms with Crippen molar-refractivity contribution in [2.45, 2.75) is 56.9 Å². The molecule has 51 heavy (non-hydrogen) atoms. The Morgan fingerprint density at radius 2 is 1.67 bits per heavy atom. The van der Waals surface area contributed by atoms with E-state index < -0.39 is 24.1 Å². The summed E-state index contributed by atoms with van der Waals surface area (Å²) in [5.41, 5.74) is 2.35. The zero-order valence-corrected chi connectivity index (χ0v) is 29.2. The van der Waals surface area contributed by atoms with E-state index in [1.807, 2.05) is 74.5 Å². The predicted molar refractivity (Wildman–Crippen MR) is 189 cm³/mol. The number of likely N-dealkylation sites (tertiary alicyclic amines) is 1. The highest BCUT2D eigenvalue weighted by Gasteiger charge is 2.42. The van der Waals surface area contributed by atoms with Crippen molar-refractivity contribution in [1.82, 2.24) is 4.90 Å². The molecule has 4 aromatic carbocycles. The quantitative estimate of drug-likeness (QED) is 0.141. The van der Waals surface area contributed by atoms with Gasteiger partial charge in [-0.3, -0.25) is 0 Å². The van der Waals surface area contributed by atoms with Crippen LogP contribution < -0.4 is 14.2 Å². The maximum absolute atomic E-state index is 12.4. The van der Waals surface area contributed by atoms with Gasteiger partial charge in [0.25, 0.3) is 0 Å². The number of carboxylic acid groups (broad SMARTS) is 1. The SMILES string of the molecule is COc1cc(CO[C@H]2CN(C(=O)O)C[C@@H](OC[C@H]3COC(C)(C)O3)[C@@H]2c2ccc(OCCCOc3ccccc3C#N)cc2)cc2ccccc12. The molecule has 11 nitrogen and oxygen atoms in total. The summed E-state index contributed by atoms with van der Waals surface area (Å²) in [5.74, 6) is 0.998. The van der Waals surface area contributed by atoms with E-state index in [4.69, 9.17) is 33.2 Å². The molecule has 0 bridgehead atoms. The standard InChI is InChI=1S/C40H44N2O9/c1-40(2)50-26-32(51-40)25-49-37-23-42(39(43)44)22-36(48-24-27-19-29-9-4-6-11-33(29)35(20-27)45-3)38(37)28-13-15-31(16-14-28)46-17-8-18-47-34-12-7-5-10-30(34)21-41/h4-7,9-16,19-20,32,36-38H,8,17-18,22-26H2,1-3H3,(H,43,44)/t32-,36-,37+,38+/m0/s1. The third kappa shape index (κ3) is 9.09. The van der Waals surface area contributed by atoms with Crippen LogP contribution in [-0.2, 0) is 25.6 Å². The van der Waals surface area contributed by atoms with Gasteiger partial charge in [-0.2, -0.15) is 5.26 Å². The van der Waals surface area contributed by atoms with Crippen molar-refractivity contribution in [3.63, 3.8) is 0 Å². The molecule has 4 atom stereocenters. The largest absolute Gasteiger partial charge is 0.496 e. The number of hydrogen-bond donors (Lipinski definition) is 1. The Morgan fingerprint density at radius 1 is 0.941 bits per heavy atom. The molecule has 2 heterocycles. The van der Waals surface area contributed by atoms with E-state index in [9.17, 15) is 15.2 Å². The molecule has 2 saturated heterocycles. The van der Waals surface area contributed by atoms with E-state index in [2.05, 4.69) is 12.1 Å². The van der Waals surface area contributed by atoms with Crippen molar-refractivity contribution in [3.05, 3.63) is 102 Å². The van der Waals surface area contributed by atoms with E-state index in [0.29, 0.717) is 43.3 Å². The molecule has 0 unspecified atom stereocenters.